The van der Waals surface area contributed by atoms with E-state index in [1.165, 1.54) is 27.3 Å². The summed E-state index contributed by atoms with van der Waals surface area (Å²) in [6.45, 7) is 10.7. The Morgan fingerprint density at radius 1 is 0.469 bits per heavy atom. The van der Waals surface area contributed by atoms with E-state index in [1.54, 1.807) is 0 Å². The zero-order valence-corrected chi connectivity index (χ0v) is 41.3. The predicted molar refractivity (Wildman–Crippen MR) is 274 cm³/mol. The van der Waals surface area contributed by atoms with Crippen molar-refractivity contribution < 1.29 is 26.6 Å². The van der Waals surface area contributed by atoms with Gasteiger partial charge in [0.25, 0.3) is 0 Å². The second-order valence-corrected chi connectivity index (χ2v) is 20.1. The Balaban J connectivity index is 0.000000169. The van der Waals surface area contributed by atoms with Crippen LogP contribution in [0.5, 0.6) is 5.75 Å². The van der Waals surface area contributed by atoms with E-state index < -0.39 is 26.0 Å². The first-order valence-electron chi connectivity index (χ1n) is 21.6. The summed E-state index contributed by atoms with van der Waals surface area (Å²) in [5.74, 6) is 0.303. The minimum absolute atomic E-state index is 0.0202. The number of rotatable bonds is 8. The normalized spacial score (nSPS) is 10.5. The molecule has 0 atom stereocenters. The number of phenols is 1. The molecule has 0 aromatic heterocycles. The van der Waals surface area contributed by atoms with Gasteiger partial charge in [0.1, 0.15) is 5.75 Å². The van der Waals surface area contributed by atoms with E-state index >= 15 is 0 Å². The smallest absolute Gasteiger partial charge is 0.132 e. The van der Waals surface area contributed by atoms with Gasteiger partial charge in [0.05, 0.1) is 25.2 Å². The van der Waals surface area contributed by atoms with Crippen LogP contribution in [0, 0.1) is 13.8 Å². The first-order valence-corrected chi connectivity index (χ1v) is 26.5. The maximum Gasteiger partial charge on any atom is 0.132 e. The second-order valence-electron chi connectivity index (χ2n) is 16.2. The molecule has 0 aliphatic carbocycles. The monoisotopic (exact) mass is 1020 g/mol. The molecule has 0 fully saturated rings. The fourth-order valence-corrected chi connectivity index (χ4v) is 10.5. The molecule has 0 saturated carbocycles. The molecule has 64 heavy (non-hydrogen) atoms. The first kappa shape index (κ1) is 47.2. The summed E-state index contributed by atoms with van der Waals surface area (Å²) >= 11 is -1.43. The van der Waals surface area contributed by atoms with Crippen molar-refractivity contribution in [3.05, 3.63) is 253 Å². The second kappa shape index (κ2) is 24.0. The van der Waals surface area contributed by atoms with Crippen molar-refractivity contribution in [3.63, 3.8) is 0 Å². The molecule has 0 aliphatic heterocycles. The molecule has 0 radical (unpaired) electrons. The molecule has 0 amide bonds. The summed E-state index contributed by atoms with van der Waals surface area (Å²) in [7, 11) is -0.545. The Morgan fingerprint density at radius 3 is 1.09 bits per heavy atom. The summed E-state index contributed by atoms with van der Waals surface area (Å²) in [5, 5.41) is 14.7. The van der Waals surface area contributed by atoms with Crippen LogP contribution in [-0.2, 0) is 26.9 Å². The van der Waals surface area contributed by atoms with E-state index in [1.807, 2.05) is 95.4 Å². The molecule has 9 rings (SSSR count). The Morgan fingerprint density at radius 2 is 0.781 bits per heavy atom. The topological polar surface area (TPSA) is 37.3 Å². The maximum absolute atomic E-state index is 11.8. The summed E-state index contributed by atoms with van der Waals surface area (Å²) in [4.78, 5) is 0. The molecule has 0 spiro atoms. The van der Waals surface area contributed by atoms with Crippen LogP contribution in [0.3, 0.4) is 0 Å². The fourth-order valence-electron chi connectivity index (χ4n) is 7.47. The van der Waals surface area contributed by atoms with Crippen LogP contribution in [0.1, 0.15) is 30.5 Å². The van der Waals surface area contributed by atoms with Gasteiger partial charge >= 0.3 is 81.0 Å². The van der Waals surface area contributed by atoms with Gasteiger partial charge < -0.3 is 5.11 Å². The van der Waals surface area contributed by atoms with Gasteiger partial charge in [-0.3, -0.25) is 0 Å². The quantitative estimate of drug-likeness (QED) is 0.122. The third-order valence-electron chi connectivity index (χ3n) is 10.9. The summed E-state index contributed by atoms with van der Waals surface area (Å²) < 4.78 is 12.6. The number of benzene rings is 8. The van der Waals surface area contributed by atoms with Gasteiger partial charge in [-0.2, -0.15) is 17.2 Å². The molecule has 9 aromatic rings. The number of phenolic OH excluding ortho intramolecular Hbond substituents is 1. The minimum Gasteiger partial charge on any atom is -0.507 e. The largest absolute Gasteiger partial charge is 0.507 e. The van der Waals surface area contributed by atoms with Crippen LogP contribution >= 0.6 is 7.92 Å². The van der Waals surface area contributed by atoms with Crippen LogP contribution in [-0.4, -0.2) is 16.2 Å². The zero-order chi connectivity index (χ0) is 45.2. The van der Waals surface area contributed by atoms with Gasteiger partial charge in [-0.15, -0.1) is 0 Å². The molecule has 0 heterocycles. The van der Waals surface area contributed by atoms with Crippen molar-refractivity contribution in [2.45, 2.75) is 33.1 Å². The molecule has 320 valence electrons. The molecule has 4 heteroatoms. The molecule has 0 aliphatic rings. The summed E-state index contributed by atoms with van der Waals surface area (Å²) in [5.41, 5.74) is 11.8. The van der Waals surface area contributed by atoms with E-state index in [0.29, 0.717) is 5.75 Å². The Kier molecular flexibility index (Phi) is 17.7. The zero-order valence-electron chi connectivity index (χ0n) is 37.4. The molecule has 2 nitrogen and oxygen atoms in total. The van der Waals surface area contributed by atoms with Crippen LogP contribution in [0.25, 0.3) is 44.5 Å². The van der Waals surface area contributed by atoms with E-state index in [0.717, 1.165) is 44.5 Å². The Labute approximate surface area is 390 Å². The van der Waals surface area contributed by atoms with Crippen molar-refractivity contribution >= 4 is 22.9 Å². The van der Waals surface area contributed by atoms with Gasteiger partial charge in [-0.1, -0.05) is 172 Å². The third kappa shape index (κ3) is 13.1. The number of hydrogen-bond acceptors (Lipinski definition) is 2. The number of aryl methyl sites for hydroxylation is 2. The molecule has 9 aromatic carbocycles. The van der Waals surface area contributed by atoms with Crippen LogP contribution in [0.15, 0.2) is 237 Å². The molecule has 1 N–H and O–H groups in total. The predicted octanol–water partition coefficient (Wildman–Crippen LogP) is 14.8. The van der Waals surface area contributed by atoms with Gasteiger partial charge in [0, 0.05) is 11.1 Å². The van der Waals surface area contributed by atoms with E-state index in [-0.39, 0.29) is 5.41 Å². The Hall–Kier alpha value is -6.30. The van der Waals surface area contributed by atoms with Crippen LogP contribution in [0.4, 0.5) is 0 Å². The molecule has 0 saturated heterocycles. The van der Waals surface area contributed by atoms with Gasteiger partial charge in [-0.05, 0) is 63.7 Å². The average Bonchev–Trinajstić information content (AvgIpc) is 3.75. The Bertz CT molecular complexity index is 2640. The van der Waals surface area contributed by atoms with E-state index in [4.69, 9.17) is 0 Å². The molecular weight excluding hydrogens is 967 g/mol. The first-order chi connectivity index (χ1) is 31.2. The minimum atomic E-state index is -1.43. The number of hydrogen-bond donors (Lipinski definition) is 1. The van der Waals surface area contributed by atoms with Crippen molar-refractivity contribution in [2.75, 3.05) is 6.66 Å². The van der Waals surface area contributed by atoms with Crippen LogP contribution in [0.2, 0.25) is 0 Å². The fraction of sp³-hybridized carbons (Fsp3) is 0.100. The van der Waals surface area contributed by atoms with Gasteiger partial charge in [0.2, 0.25) is 0 Å². The average molecular weight is 1020 g/mol. The van der Waals surface area contributed by atoms with Crippen molar-refractivity contribution in [1.82, 2.24) is 0 Å². The summed E-state index contributed by atoms with van der Waals surface area (Å²) in [6, 6.07) is 81.1. The van der Waals surface area contributed by atoms with Crippen LogP contribution < -0.4 is 10.6 Å². The van der Waals surface area contributed by atoms with Crippen molar-refractivity contribution in [3.8, 4) is 50.3 Å². The van der Waals surface area contributed by atoms with Crippen molar-refractivity contribution in [1.29, 1.82) is 0 Å². The molecule has 0 bridgehead atoms. The van der Waals surface area contributed by atoms with E-state index in [2.05, 4.69) is 180 Å². The third-order valence-corrected chi connectivity index (χ3v) is 15.8. The van der Waals surface area contributed by atoms with Crippen molar-refractivity contribution in [2.24, 2.45) is 0 Å². The molecule has 0 unspecified atom stereocenters. The number of aromatic hydroxyl groups is 1. The SMILES string of the molecule is CC(C)([CH]=[W]=[O])c1ccccc1.C[PH+](c1ccccc1)c1ccccc1.Cc1ccc(C)[cH-]1.Oc1c(-c2ccccc2)c(-c2ccccc2)cc(-c2ccccc2)c1-c1ccccc1. The molecular formula is C60H57O2PW. The summed E-state index contributed by atoms with van der Waals surface area (Å²) in [6.07, 6.45) is 0. The maximum atomic E-state index is 11.8. The van der Waals surface area contributed by atoms with Gasteiger partial charge in [-0.25, -0.2) is 12.1 Å². The van der Waals surface area contributed by atoms with E-state index in [9.17, 15) is 8.50 Å². The van der Waals surface area contributed by atoms with Gasteiger partial charge in [0.15, 0.2) is 0 Å². The standard InChI is InChI=1S/C30H22O.C13H13P.C10H12.C7H9.O.W/c31-30-28(24-17-9-3-10-18-24)26(22-13-5-1-6-14-22)21-27(23-15-7-2-8-16-23)29(30)25-19-11-4-12-20-25;1-14(12-8-4-2-5-9-12)13-10-6-3-7-11-13;1-10(2,3)9-7-5-4-6-8-9;1-6-3-4-7(2)5-6;;/h1-21,31H;2-11H,1H3;1,4-8H,2-3H3;3-5H,1-2H3;;/q;;;-1;;/p+1.